The molecule has 2 aromatic carbocycles. The Balaban J connectivity index is 1.46. The highest BCUT2D eigenvalue weighted by Gasteiger charge is 2.34. The Morgan fingerprint density at radius 3 is 2.71 bits per heavy atom. The van der Waals surface area contributed by atoms with Gasteiger partial charge in [-0.1, -0.05) is 18.2 Å². The summed E-state index contributed by atoms with van der Waals surface area (Å²) in [6.07, 6.45) is 3.27. The topological polar surface area (TPSA) is 83.3 Å². The highest BCUT2D eigenvalue weighted by atomic mass is 16.5. The number of carbonyl (C=O) groups is 1. The van der Waals surface area contributed by atoms with E-state index < -0.39 is 0 Å². The molecule has 1 aliphatic carbocycles. The van der Waals surface area contributed by atoms with Crippen molar-refractivity contribution in [3.63, 3.8) is 0 Å². The fourth-order valence-electron chi connectivity index (χ4n) is 5.05. The Kier molecular flexibility index (Phi) is 8.29. The van der Waals surface area contributed by atoms with Gasteiger partial charge in [0.15, 0.2) is 0 Å². The molecule has 1 aliphatic heterocycles. The molecule has 0 radical (unpaired) electrons. The number of carbonyl (C=O) groups excluding carboxylic acids is 1. The number of methoxy groups -OCH3 is 2. The minimum atomic E-state index is -0.222. The van der Waals surface area contributed by atoms with Gasteiger partial charge in [-0.2, -0.15) is 0 Å². The molecule has 34 heavy (non-hydrogen) atoms. The first kappa shape index (κ1) is 24.4. The lowest BCUT2D eigenvalue weighted by molar-refractivity contribution is -0.124. The van der Waals surface area contributed by atoms with Gasteiger partial charge in [-0.25, -0.2) is 0 Å². The van der Waals surface area contributed by atoms with Gasteiger partial charge in [-0.3, -0.25) is 4.79 Å². The van der Waals surface area contributed by atoms with Gasteiger partial charge < -0.3 is 29.6 Å². The predicted molar refractivity (Wildman–Crippen MR) is 131 cm³/mol. The van der Waals surface area contributed by atoms with Crippen molar-refractivity contribution in [2.75, 3.05) is 45.4 Å². The fraction of sp³-hybridized carbons (Fsp3) is 0.519. The molecule has 3 atom stereocenters. The number of hydrogen-bond donors (Lipinski definition) is 1. The third kappa shape index (κ3) is 5.83. The first-order chi connectivity index (χ1) is 16.6. The van der Waals surface area contributed by atoms with E-state index in [2.05, 4.69) is 29.2 Å². The minimum Gasteiger partial charge on any atom is -0.497 e. The number of ether oxygens (including phenoxy) is 4. The van der Waals surface area contributed by atoms with E-state index >= 15 is 0 Å². The van der Waals surface area contributed by atoms with Gasteiger partial charge in [-0.15, -0.1) is 0 Å². The van der Waals surface area contributed by atoms with E-state index in [0.29, 0.717) is 19.6 Å². The summed E-state index contributed by atoms with van der Waals surface area (Å²) in [4.78, 5) is 14.3. The SMILES string of the molecule is COCCCN1CCOc2ccc(CO[C@H]3CC[C@H](C(N)=O)C[C@@H]3c3ccc(OC)cc3)cc21. The van der Waals surface area contributed by atoms with Crippen LogP contribution in [0.3, 0.4) is 0 Å². The Morgan fingerprint density at radius 2 is 1.97 bits per heavy atom. The summed E-state index contributed by atoms with van der Waals surface area (Å²) < 4.78 is 22.9. The minimum absolute atomic E-state index is 0.0223. The van der Waals surface area contributed by atoms with E-state index in [4.69, 9.17) is 24.7 Å². The molecule has 1 fully saturated rings. The van der Waals surface area contributed by atoms with E-state index in [9.17, 15) is 4.79 Å². The third-order valence-corrected chi connectivity index (χ3v) is 6.96. The van der Waals surface area contributed by atoms with E-state index in [1.807, 2.05) is 18.2 Å². The van der Waals surface area contributed by atoms with Gasteiger partial charge in [0, 0.05) is 32.1 Å². The van der Waals surface area contributed by atoms with E-state index in [0.717, 1.165) is 67.3 Å². The smallest absolute Gasteiger partial charge is 0.220 e. The number of nitrogens with zero attached hydrogens (tertiary/aromatic N) is 1. The van der Waals surface area contributed by atoms with Crippen molar-refractivity contribution in [1.29, 1.82) is 0 Å². The maximum Gasteiger partial charge on any atom is 0.220 e. The van der Waals surface area contributed by atoms with E-state index in [1.165, 1.54) is 0 Å². The van der Waals surface area contributed by atoms with Crippen molar-refractivity contribution in [3.05, 3.63) is 53.6 Å². The van der Waals surface area contributed by atoms with Gasteiger partial charge in [0.25, 0.3) is 0 Å². The first-order valence-corrected chi connectivity index (χ1v) is 12.1. The van der Waals surface area contributed by atoms with Crippen molar-refractivity contribution in [1.82, 2.24) is 0 Å². The molecule has 7 heteroatoms. The monoisotopic (exact) mass is 468 g/mol. The Bertz CT molecular complexity index is 949. The van der Waals surface area contributed by atoms with Crippen molar-refractivity contribution in [3.8, 4) is 11.5 Å². The van der Waals surface area contributed by atoms with Crippen molar-refractivity contribution in [2.45, 2.75) is 44.3 Å². The Labute approximate surface area is 202 Å². The van der Waals surface area contributed by atoms with Crippen molar-refractivity contribution in [2.24, 2.45) is 11.7 Å². The number of hydrogen-bond acceptors (Lipinski definition) is 6. The quantitative estimate of drug-likeness (QED) is 0.533. The molecule has 0 unspecified atom stereocenters. The zero-order valence-electron chi connectivity index (χ0n) is 20.2. The van der Waals surface area contributed by atoms with Gasteiger partial charge in [0.05, 0.1) is 32.1 Å². The van der Waals surface area contributed by atoms with Crippen LogP contribution in [-0.4, -0.2) is 52.5 Å². The van der Waals surface area contributed by atoms with E-state index in [1.54, 1.807) is 14.2 Å². The number of anilines is 1. The summed E-state index contributed by atoms with van der Waals surface area (Å²) in [6.45, 7) is 3.76. The second kappa shape index (κ2) is 11.6. The van der Waals surface area contributed by atoms with Gasteiger partial charge in [0.2, 0.25) is 5.91 Å². The predicted octanol–water partition coefficient (Wildman–Crippen LogP) is 3.88. The van der Waals surface area contributed by atoms with Crippen LogP contribution in [0, 0.1) is 5.92 Å². The summed E-state index contributed by atoms with van der Waals surface area (Å²) in [5.74, 6) is 1.51. The van der Waals surface area contributed by atoms with Crippen LogP contribution in [0.1, 0.15) is 42.7 Å². The number of fused-ring (bicyclic) bond motifs is 1. The van der Waals surface area contributed by atoms with Gasteiger partial charge >= 0.3 is 0 Å². The first-order valence-electron chi connectivity index (χ1n) is 12.1. The molecule has 184 valence electrons. The molecule has 1 saturated carbocycles. The molecule has 1 heterocycles. The molecule has 1 amide bonds. The van der Waals surface area contributed by atoms with Crippen LogP contribution in [0.25, 0.3) is 0 Å². The normalized spacial score (nSPS) is 22.1. The van der Waals surface area contributed by atoms with Crippen molar-refractivity contribution >= 4 is 11.6 Å². The molecule has 2 aromatic rings. The van der Waals surface area contributed by atoms with Crippen LogP contribution in [0.4, 0.5) is 5.69 Å². The van der Waals surface area contributed by atoms with Crippen LogP contribution in [0.2, 0.25) is 0 Å². The highest BCUT2D eigenvalue weighted by molar-refractivity contribution is 5.76. The molecule has 0 bridgehead atoms. The molecule has 7 nitrogen and oxygen atoms in total. The lowest BCUT2D eigenvalue weighted by atomic mass is 9.75. The average Bonchev–Trinajstić information content (AvgIpc) is 2.87. The van der Waals surface area contributed by atoms with Gasteiger partial charge in [0.1, 0.15) is 18.1 Å². The molecule has 4 rings (SSSR count). The zero-order valence-corrected chi connectivity index (χ0v) is 20.2. The van der Waals surface area contributed by atoms with E-state index in [-0.39, 0.29) is 23.8 Å². The summed E-state index contributed by atoms with van der Waals surface area (Å²) >= 11 is 0. The molecule has 2 aliphatic rings. The van der Waals surface area contributed by atoms with Crippen LogP contribution < -0.4 is 20.1 Å². The van der Waals surface area contributed by atoms with Gasteiger partial charge in [-0.05, 0) is 61.1 Å². The summed E-state index contributed by atoms with van der Waals surface area (Å²) in [5.41, 5.74) is 9.05. The molecular formula is C27H36N2O5. The third-order valence-electron chi connectivity index (χ3n) is 6.96. The second-order valence-corrected chi connectivity index (χ2v) is 9.13. The second-order valence-electron chi connectivity index (χ2n) is 9.13. The maximum atomic E-state index is 11.9. The lowest BCUT2D eigenvalue weighted by Crippen LogP contribution is -2.35. The zero-order chi connectivity index (χ0) is 23.9. The Hall–Kier alpha value is -2.77. The van der Waals surface area contributed by atoms with Crippen LogP contribution in [-0.2, 0) is 20.9 Å². The number of benzene rings is 2. The standard InChI is InChI=1S/C27H36N2O5/c1-31-14-3-12-29-13-15-33-26-10-4-19(16-24(26)29)18-34-25-11-7-21(27(28)30)17-23(25)20-5-8-22(32-2)9-6-20/h4-6,8-10,16,21,23,25H,3,7,11-15,17-18H2,1-2H3,(H2,28,30)/t21-,23+,25-/m0/s1. The number of rotatable bonds is 10. The van der Waals surface area contributed by atoms with Crippen LogP contribution >= 0.6 is 0 Å². The maximum absolute atomic E-state index is 11.9. The van der Waals surface area contributed by atoms with Crippen LogP contribution in [0.5, 0.6) is 11.5 Å². The summed E-state index contributed by atoms with van der Waals surface area (Å²) in [6, 6.07) is 14.4. The largest absolute Gasteiger partial charge is 0.497 e. The molecular weight excluding hydrogens is 432 g/mol. The molecule has 0 aromatic heterocycles. The summed E-state index contributed by atoms with van der Waals surface area (Å²) in [7, 11) is 3.39. The lowest BCUT2D eigenvalue weighted by Gasteiger charge is -2.35. The van der Waals surface area contributed by atoms with Crippen molar-refractivity contribution < 1.29 is 23.7 Å². The Morgan fingerprint density at radius 1 is 1.15 bits per heavy atom. The van der Waals surface area contributed by atoms with Crippen LogP contribution in [0.15, 0.2) is 42.5 Å². The number of primary amides is 1. The summed E-state index contributed by atoms with van der Waals surface area (Å²) in [5, 5.41) is 0. The average molecular weight is 469 g/mol. The number of nitrogens with two attached hydrogens (primary N) is 1. The fourth-order valence-corrected chi connectivity index (χ4v) is 5.05. The molecule has 0 saturated heterocycles. The number of amides is 1. The molecule has 2 N–H and O–H groups in total. The molecule has 0 spiro atoms. The highest BCUT2D eigenvalue weighted by Crippen LogP contribution is 2.39.